The molecule has 1 atom stereocenters. The number of anilines is 1. The van der Waals surface area contributed by atoms with Gasteiger partial charge in [0.1, 0.15) is 5.75 Å². The lowest BCUT2D eigenvalue weighted by Crippen LogP contribution is -2.37. The van der Waals surface area contributed by atoms with Crippen LogP contribution in [0.15, 0.2) is 52.9 Å². The molecule has 3 aromatic rings. The minimum absolute atomic E-state index is 0.104. The normalized spacial score (nSPS) is 15.7. The second kappa shape index (κ2) is 10.0. The Balaban J connectivity index is 1.49. The minimum Gasteiger partial charge on any atom is -0.495 e. The van der Waals surface area contributed by atoms with Crippen molar-refractivity contribution < 1.29 is 18.7 Å². The van der Waals surface area contributed by atoms with Gasteiger partial charge in [-0.1, -0.05) is 42.8 Å². The number of carbonyl (C=O) groups excluding carboxylic acids is 2. The highest BCUT2D eigenvalue weighted by atomic mass is 35.5. The van der Waals surface area contributed by atoms with Crippen molar-refractivity contribution in [2.45, 2.75) is 26.3 Å². The van der Waals surface area contributed by atoms with Crippen LogP contribution >= 0.6 is 11.6 Å². The number of hydrogen-bond donors (Lipinski definition) is 0. The molecule has 0 saturated carbocycles. The number of ether oxygens (including phenoxy) is 1. The van der Waals surface area contributed by atoms with Gasteiger partial charge >= 0.3 is 0 Å². The van der Waals surface area contributed by atoms with Crippen molar-refractivity contribution >= 4 is 29.1 Å². The number of benzene rings is 2. The van der Waals surface area contributed by atoms with Gasteiger partial charge in [0, 0.05) is 19.5 Å². The Labute approximate surface area is 197 Å². The number of para-hydroxylation sites is 2. The van der Waals surface area contributed by atoms with E-state index < -0.39 is 5.92 Å². The molecule has 0 spiro atoms. The van der Waals surface area contributed by atoms with E-state index >= 15 is 0 Å². The Morgan fingerprint density at radius 2 is 1.97 bits per heavy atom. The molecule has 0 radical (unpaired) electrons. The third-order valence-corrected chi connectivity index (χ3v) is 5.88. The fraction of sp³-hybridized carbons (Fsp3) is 0.333. The first-order chi connectivity index (χ1) is 16.0. The summed E-state index contributed by atoms with van der Waals surface area (Å²) in [6.45, 7) is 2.97. The molecule has 0 bridgehead atoms. The monoisotopic (exact) mass is 468 g/mol. The fourth-order valence-corrected chi connectivity index (χ4v) is 4.19. The highest BCUT2D eigenvalue weighted by Gasteiger charge is 2.38. The molecule has 2 aromatic carbocycles. The average molecular weight is 469 g/mol. The van der Waals surface area contributed by atoms with Crippen LogP contribution in [0, 0.1) is 5.92 Å². The first kappa shape index (κ1) is 22.8. The Hall–Kier alpha value is -3.39. The smallest absolute Gasteiger partial charge is 0.249 e. The van der Waals surface area contributed by atoms with Gasteiger partial charge in [0.05, 0.1) is 35.8 Å². The van der Waals surface area contributed by atoms with Gasteiger partial charge in [0.25, 0.3) is 0 Å². The number of halogens is 1. The zero-order valence-electron chi connectivity index (χ0n) is 18.5. The van der Waals surface area contributed by atoms with Crippen molar-refractivity contribution in [2.75, 3.05) is 25.1 Å². The Bertz CT molecular complexity index is 1150. The molecule has 9 heteroatoms. The Morgan fingerprint density at radius 3 is 2.73 bits per heavy atom. The highest BCUT2D eigenvalue weighted by Crippen LogP contribution is 2.33. The molecule has 1 aliphatic heterocycles. The lowest BCUT2D eigenvalue weighted by Gasteiger charge is -2.24. The van der Waals surface area contributed by atoms with E-state index in [1.54, 1.807) is 35.1 Å². The zero-order chi connectivity index (χ0) is 23.4. The minimum atomic E-state index is -0.458. The second-order valence-electron chi connectivity index (χ2n) is 7.82. The lowest BCUT2D eigenvalue weighted by atomic mass is 10.1. The summed E-state index contributed by atoms with van der Waals surface area (Å²) >= 11 is 6.22. The Kier molecular flexibility index (Phi) is 6.93. The van der Waals surface area contributed by atoms with Gasteiger partial charge < -0.3 is 19.0 Å². The molecule has 1 saturated heterocycles. The predicted octanol–water partition coefficient (Wildman–Crippen LogP) is 4.19. The number of amides is 2. The maximum Gasteiger partial charge on any atom is 0.249 e. The van der Waals surface area contributed by atoms with E-state index in [0.29, 0.717) is 46.9 Å². The molecule has 172 valence electrons. The number of carbonyl (C=O) groups is 2. The average Bonchev–Trinajstić information content (AvgIpc) is 3.45. The summed E-state index contributed by atoms with van der Waals surface area (Å²) in [7, 11) is 1.56. The summed E-state index contributed by atoms with van der Waals surface area (Å²) in [5, 5.41) is 8.70. The van der Waals surface area contributed by atoms with Crippen LogP contribution in [0.25, 0.3) is 11.5 Å². The van der Waals surface area contributed by atoms with Crippen LogP contribution in [-0.4, -0.2) is 47.1 Å². The number of hydrogen-bond acceptors (Lipinski definition) is 6. The summed E-state index contributed by atoms with van der Waals surface area (Å²) in [6.07, 6.45) is 0.903. The quantitative estimate of drug-likeness (QED) is 0.492. The number of aromatic nitrogens is 2. The lowest BCUT2D eigenvalue weighted by molar-refractivity contribution is -0.136. The third kappa shape index (κ3) is 4.85. The molecule has 1 aliphatic rings. The van der Waals surface area contributed by atoms with E-state index in [9.17, 15) is 9.59 Å². The molecule has 4 rings (SSSR count). The number of nitrogens with zero attached hydrogens (tertiary/aromatic N) is 4. The number of methoxy groups -OCH3 is 1. The van der Waals surface area contributed by atoms with E-state index in [2.05, 4.69) is 10.2 Å². The molecule has 8 nitrogen and oxygen atoms in total. The maximum atomic E-state index is 13.4. The summed E-state index contributed by atoms with van der Waals surface area (Å²) in [5.74, 6) is 0.547. The van der Waals surface area contributed by atoms with E-state index in [4.69, 9.17) is 20.8 Å². The van der Waals surface area contributed by atoms with Gasteiger partial charge in [0.15, 0.2) is 0 Å². The molecular formula is C24H25ClN4O4. The van der Waals surface area contributed by atoms with Gasteiger partial charge in [-0.3, -0.25) is 9.59 Å². The van der Waals surface area contributed by atoms with Crippen molar-refractivity contribution in [3.8, 4) is 17.2 Å². The van der Waals surface area contributed by atoms with E-state index in [-0.39, 0.29) is 24.8 Å². The van der Waals surface area contributed by atoms with Crippen LogP contribution < -0.4 is 9.64 Å². The van der Waals surface area contributed by atoms with Crippen molar-refractivity contribution in [3.05, 3.63) is 59.4 Å². The topological polar surface area (TPSA) is 88.8 Å². The molecule has 1 fully saturated rings. The molecule has 33 heavy (non-hydrogen) atoms. The van der Waals surface area contributed by atoms with Gasteiger partial charge in [-0.2, -0.15) is 0 Å². The van der Waals surface area contributed by atoms with Crippen molar-refractivity contribution in [3.63, 3.8) is 0 Å². The molecule has 1 unspecified atom stereocenters. The highest BCUT2D eigenvalue weighted by molar-refractivity contribution is 6.33. The van der Waals surface area contributed by atoms with E-state index in [1.165, 1.54) is 0 Å². The molecule has 2 heterocycles. The standard InChI is InChI=1S/C24H25ClN4O4/c1-3-12-28(15-21-26-27-23(33-21)17-8-4-5-9-18(17)25)24(31)16-13-22(30)29(14-16)19-10-6-7-11-20(19)32-2/h4-11,16H,3,12-15H2,1-2H3. The summed E-state index contributed by atoms with van der Waals surface area (Å²) in [5.41, 5.74) is 1.31. The molecule has 0 N–H and O–H groups in total. The maximum absolute atomic E-state index is 13.4. The van der Waals surface area contributed by atoms with Crippen LogP contribution in [0.1, 0.15) is 25.7 Å². The van der Waals surface area contributed by atoms with Crippen LogP contribution in [0.3, 0.4) is 0 Å². The van der Waals surface area contributed by atoms with Gasteiger partial charge in [0.2, 0.25) is 23.6 Å². The van der Waals surface area contributed by atoms with Gasteiger partial charge in [-0.25, -0.2) is 0 Å². The zero-order valence-corrected chi connectivity index (χ0v) is 19.3. The first-order valence-electron chi connectivity index (χ1n) is 10.8. The van der Waals surface area contributed by atoms with E-state index in [1.807, 2.05) is 37.3 Å². The summed E-state index contributed by atoms with van der Waals surface area (Å²) < 4.78 is 11.2. The van der Waals surface area contributed by atoms with E-state index in [0.717, 1.165) is 6.42 Å². The van der Waals surface area contributed by atoms with Crippen LogP contribution in [0.4, 0.5) is 5.69 Å². The Morgan fingerprint density at radius 1 is 1.21 bits per heavy atom. The molecule has 1 aromatic heterocycles. The fourth-order valence-electron chi connectivity index (χ4n) is 3.98. The summed E-state index contributed by atoms with van der Waals surface area (Å²) in [4.78, 5) is 29.4. The van der Waals surface area contributed by atoms with Crippen molar-refractivity contribution in [2.24, 2.45) is 5.92 Å². The van der Waals surface area contributed by atoms with Crippen LogP contribution in [0.2, 0.25) is 5.02 Å². The van der Waals surface area contributed by atoms with Gasteiger partial charge in [-0.05, 0) is 30.7 Å². The van der Waals surface area contributed by atoms with Crippen LogP contribution in [-0.2, 0) is 16.1 Å². The van der Waals surface area contributed by atoms with Crippen LogP contribution in [0.5, 0.6) is 5.75 Å². The van der Waals surface area contributed by atoms with Gasteiger partial charge in [-0.15, -0.1) is 10.2 Å². The summed E-state index contributed by atoms with van der Waals surface area (Å²) in [6, 6.07) is 14.5. The van der Waals surface area contributed by atoms with Crippen molar-refractivity contribution in [1.29, 1.82) is 0 Å². The predicted molar refractivity (Wildman–Crippen MR) is 124 cm³/mol. The number of rotatable bonds is 8. The molecular weight excluding hydrogens is 444 g/mol. The third-order valence-electron chi connectivity index (χ3n) is 5.55. The molecule has 2 amide bonds. The second-order valence-corrected chi connectivity index (χ2v) is 8.23. The SMILES string of the molecule is CCCN(Cc1nnc(-c2ccccc2Cl)o1)C(=O)C1CC(=O)N(c2ccccc2OC)C1. The largest absolute Gasteiger partial charge is 0.495 e. The first-order valence-corrected chi connectivity index (χ1v) is 11.2. The molecule has 0 aliphatic carbocycles. The van der Waals surface area contributed by atoms with Crippen molar-refractivity contribution in [1.82, 2.24) is 15.1 Å².